The number of hydrogen-bond acceptors (Lipinski definition) is 6. The summed E-state index contributed by atoms with van der Waals surface area (Å²) in [5, 5.41) is 0. The van der Waals surface area contributed by atoms with Gasteiger partial charge in [-0.05, 0) is 95.7 Å². The largest absolute Gasteiger partial charge is 0.243 e. The van der Waals surface area contributed by atoms with E-state index in [0.717, 1.165) is 132 Å². The lowest BCUT2D eigenvalue weighted by Crippen LogP contribution is -2.33. The molecule has 4 rings (SSSR count). The Morgan fingerprint density at radius 2 is 0.439 bits per heavy atom. The maximum Gasteiger partial charge on any atom is 0.243 e. The van der Waals surface area contributed by atoms with Crippen molar-refractivity contribution in [2.24, 2.45) is 0 Å². The van der Waals surface area contributed by atoms with E-state index in [9.17, 15) is 25.3 Å². The minimum atomic E-state index is -3.62. The zero-order valence-corrected chi connectivity index (χ0v) is 37.4. The van der Waals surface area contributed by atoms with Gasteiger partial charge in [-0.3, -0.25) is 0 Å². The lowest BCUT2D eigenvalue weighted by Gasteiger charge is -2.23. The fraction of sp³-hybridized carbons (Fsp3) is 0.600. The van der Waals surface area contributed by atoms with Crippen molar-refractivity contribution in [3.8, 4) is 0 Å². The van der Waals surface area contributed by atoms with Crippen LogP contribution in [0.2, 0.25) is 0 Å². The van der Waals surface area contributed by atoms with Crippen LogP contribution in [-0.2, 0) is 30.1 Å². The van der Waals surface area contributed by atoms with Gasteiger partial charge in [0.1, 0.15) is 0 Å². The zero-order chi connectivity index (χ0) is 41.2. The Labute approximate surface area is 346 Å². The van der Waals surface area contributed by atoms with Crippen molar-refractivity contribution < 1.29 is 25.3 Å². The molecule has 1 fully saturated rings. The quantitative estimate of drug-likeness (QED) is 0.244. The highest BCUT2D eigenvalue weighted by Gasteiger charge is 2.26. The zero-order valence-electron chi connectivity index (χ0n) is 34.9. The molecule has 57 heavy (non-hydrogen) atoms. The third-order valence-corrected chi connectivity index (χ3v) is 16.9. The number of sulfonamides is 3. The molecule has 1 aliphatic heterocycles. The van der Waals surface area contributed by atoms with E-state index in [1.165, 1.54) is 0 Å². The summed E-state index contributed by atoms with van der Waals surface area (Å²) in [4.78, 5) is 0.997. The summed E-state index contributed by atoms with van der Waals surface area (Å²) in [7, 11) is -10.9. The van der Waals surface area contributed by atoms with Crippen molar-refractivity contribution in [1.82, 2.24) is 12.9 Å². The summed E-state index contributed by atoms with van der Waals surface area (Å²) in [5.41, 5.74) is 3.06. The molecule has 318 valence electrons. The molecule has 0 unspecified atom stereocenters. The SMILES string of the molecule is Cc1ccc(S(=O)(=O)N2CCCCCCCCN(S(=O)(=O)c3ccc(C)cc3)CCCCCCCCN(S(=O)(=O)c3ccc(C)cc3)CCCCCCCC2)cc1. The van der Waals surface area contributed by atoms with E-state index in [1.54, 1.807) is 49.3 Å². The van der Waals surface area contributed by atoms with Crippen LogP contribution in [0.5, 0.6) is 0 Å². The first-order valence-electron chi connectivity index (χ1n) is 21.5. The van der Waals surface area contributed by atoms with E-state index in [1.807, 2.05) is 57.2 Å². The van der Waals surface area contributed by atoms with Crippen molar-refractivity contribution >= 4 is 30.1 Å². The first-order valence-corrected chi connectivity index (χ1v) is 25.8. The molecule has 0 N–H and O–H groups in total. The van der Waals surface area contributed by atoms with Gasteiger partial charge in [0, 0.05) is 39.3 Å². The molecule has 3 aromatic carbocycles. The van der Waals surface area contributed by atoms with Crippen LogP contribution in [0.25, 0.3) is 0 Å². The molecule has 9 nitrogen and oxygen atoms in total. The van der Waals surface area contributed by atoms with E-state index >= 15 is 0 Å². The van der Waals surface area contributed by atoms with Gasteiger partial charge >= 0.3 is 0 Å². The van der Waals surface area contributed by atoms with Crippen LogP contribution in [0.1, 0.15) is 132 Å². The van der Waals surface area contributed by atoms with Crippen LogP contribution in [0, 0.1) is 20.8 Å². The molecule has 3 aromatic rings. The Bertz CT molecular complexity index is 1680. The van der Waals surface area contributed by atoms with E-state index in [4.69, 9.17) is 0 Å². The van der Waals surface area contributed by atoms with Crippen LogP contribution in [0.4, 0.5) is 0 Å². The highest BCUT2D eigenvalue weighted by Crippen LogP contribution is 2.23. The first kappa shape index (κ1) is 47.1. The van der Waals surface area contributed by atoms with E-state index < -0.39 is 30.1 Å². The van der Waals surface area contributed by atoms with Gasteiger partial charge in [-0.25, -0.2) is 25.3 Å². The predicted octanol–water partition coefficient (Wildman–Crippen LogP) is 10.0. The normalized spacial score (nSPS) is 19.4. The molecule has 0 amide bonds. The Balaban J connectivity index is 1.43. The topological polar surface area (TPSA) is 112 Å². The molecule has 12 heteroatoms. The van der Waals surface area contributed by atoms with Crippen LogP contribution in [0.15, 0.2) is 87.5 Å². The second kappa shape index (κ2) is 23.8. The number of rotatable bonds is 6. The summed E-state index contributed by atoms with van der Waals surface area (Å²) in [5.74, 6) is 0. The van der Waals surface area contributed by atoms with Crippen LogP contribution >= 0.6 is 0 Å². The van der Waals surface area contributed by atoms with Crippen LogP contribution in [0.3, 0.4) is 0 Å². The van der Waals surface area contributed by atoms with Gasteiger partial charge in [-0.2, -0.15) is 12.9 Å². The van der Waals surface area contributed by atoms with E-state index in [2.05, 4.69) is 0 Å². The maximum atomic E-state index is 13.8. The van der Waals surface area contributed by atoms with Crippen molar-refractivity contribution in [3.63, 3.8) is 0 Å². The number of benzene rings is 3. The van der Waals surface area contributed by atoms with Gasteiger partial charge < -0.3 is 0 Å². The Morgan fingerprint density at radius 1 is 0.281 bits per heavy atom. The van der Waals surface area contributed by atoms with Gasteiger partial charge in [-0.15, -0.1) is 0 Å². The van der Waals surface area contributed by atoms with E-state index in [-0.39, 0.29) is 0 Å². The lowest BCUT2D eigenvalue weighted by molar-refractivity contribution is 0.376. The molecule has 0 aromatic heterocycles. The highest BCUT2D eigenvalue weighted by molar-refractivity contribution is 7.89. The van der Waals surface area contributed by atoms with E-state index in [0.29, 0.717) is 54.0 Å². The van der Waals surface area contributed by atoms with Crippen molar-refractivity contribution in [2.45, 2.75) is 151 Å². The Morgan fingerprint density at radius 3 is 0.614 bits per heavy atom. The molecule has 0 radical (unpaired) electrons. The molecule has 1 heterocycles. The average Bonchev–Trinajstić information content (AvgIpc) is 3.18. The standard InChI is InChI=1S/C45H69N3O6S3/c1-40-22-28-43(29-23-40)55(49,50)46-34-16-10-4-6-12-18-36-47(56(51,52)44-30-24-41(2)25-31-44)38-20-14-8-9-15-21-39-48(37-19-13-7-5-11-17-35-46)57(53,54)45-32-26-42(3)27-33-45/h22-33H,4-21,34-39H2,1-3H3. The van der Waals surface area contributed by atoms with Crippen molar-refractivity contribution in [1.29, 1.82) is 0 Å². The second-order valence-corrected chi connectivity index (χ2v) is 21.8. The minimum Gasteiger partial charge on any atom is -0.207 e. The Hall–Kier alpha value is -2.61. The molecule has 1 aliphatic rings. The van der Waals surface area contributed by atoms with Gasteiger partial charge in [0.05, 0.1) is 14.7 Å². The molecular formula is C45H69N3O6S3. The highest BCUT2D eigenvalue weighted by atomic mass is 32.2. The van der Waals surface area contributed by atoms with Gasteiger partial charge in [0.15, 0.2) is 0 Å². The molecule has 0 atom stereocenters. The van der Waals surface area contributed by atoms with Crippen molar-refractivity contribution in [2.75, 3.05) is 39.3 Å². The molecule has 1 saturated heterocycles. The number of hydrogen-bond donors (Lipinski definition) is 0. The monoisotopic (exact) mass is 843 g/mol. The third-order valence-electron chi connectivity index (χ3n) is 11.2. The predicted molar refractivity (Wildman–Crippen MR) is 233 cm³/mol. The summed E-state index contributed by atoms with van der Waals surface area (Å²) in [6, 6.07) is 21.3. The van der Waals surface area contributed by atoms with Crippen LogP contribution < -0.4 is 0 Å². The summed E-state index contributed by atoms with van der Waals surface area (Å²) in [6.45, 7) is 8.72. The number of nitrogens with zero attached hydrogens (tertiary/aromatic N) is 3. The van der Waals surface area contributed by atoms with Crippen molar-refractivity contribution in [3.05, 3.63) is 89.5 Å². The molecule has 0 spiro atoms. The molecule has 0 saturated carbocycles. The lowest BCUT2D eigenvalue weighted by atomic mass is 10.1. The van der Waals surface area contributed by atoms with Gasteiger partial charge in [0.2, 0.25) is 30.1 Å². The minimum absolute atomic E-state index is 0.332. The summed E-state index contributed by atoms with van der Waals surface area (Å²) in [6.07, 6.45) is 16.1. The molecular weight excluding hydrogens is 775 g/mol. The smallest absolute Gasteiger partial charge is 0.207 e. The maximum absolute atomic E-state index is 13.8. The van der Waals surface area contributed by atoms with Crippen LogP contribution in [-0.4, -0.2) is 77.4 Å². The second-order valence-electron chi connectivity index (χ2n) is 16.0. The fourth-order valence-corrected chi connectivity index (χ4v) is 12.0. The summed E-state index contributed by atoms with van der Waals surface area (Å²) < 4.78 is 87.5. The fourth-order valence-electron chi connectivity index (χ4n) is 7.48. The average molecular weight is 844 g/mol. The molecule has 0 aliphatic carbocycles. The van der Waals surface area contributed by atoms with Gasteiger partial charge in [-0.1, -0.05) is 130 Å². The third kappa shape index (κ3) is 15.2. The van der Waals surface area contributed by atoms with Gasteiger partial charge in [0.25, 0.3) is 0 Å². The first-order chi connectivity index (χ1) is 27.3. The number of aryl methyl sites for hydroxylation is 3. The summed E-state index contributed by atoms with van der Waals surface area (Å²) >= 11 is 0. The molecule has 0 bridgehead atoms. The Kier molecular flexibility index (Phi) is 19.7.